The lowest BCUT2D eigenvalue weighted by molar-refractivity contribution is 0.0596. The molecular formula is C11H13ClO. The second kappa shape index (κ2) is 3.69. The lowest BCUT2D eigenvalue weighted by atomic mass is 10.0. The number of benzene rings is 1. The Labute approximate surface area is 83.7 Å². The summed E-state index contributed by atoms with van der Waals surface area (Å²) in [6.45, 7) is 2.85. The summed E-state index contributed by atoms with van der Waals surface area (Å²) < 4.78 is 5.66. The fourth-order valence-electron chi connectivity index (χ4n) is 1.80. The van der Waals surface area contributed by atoms with E-state index in [0.717, 1.165) is 17.9 Å². The second-order valence-electron chi connectivity index (χ2n) is 3.40. The van der Waals surface area contributed by atoms with Crippen molar-refractivity contribution in [3.8, 4) is 0 Å². The Kier molecular flexibility index (Phi) is 2.56. The van der Waals surface area contributed by atoms with E-state index in [2.05, 4.69) is 13.0 Å². The summed E-state index contributed by atoms with van der Waals surface area (Å²) in [6, 6.07) is 6.05. The summed E-state index contributed by atoms with van der Waals surface area (Å²) >= 11 is 6.06. The van der Waals surface area contributed by atoms with E-state index >= 15 is 0 Å². The summed E-state index contributed by atoms with van der Waals surface area (Å²) in [7, 11) is 0. The average Bonchev–Trinajstić information content (AvgIpc) is 2.51. The molecule has 0 spiro atoms. The molecular weight excluding hydrogens is 184 g/mol. The van der Waals surface area contributed by atoms with Gasteiger partial charge in [-0.2, -0.15) is 0 Å². The monoisotopic (exact) mass is 196 g/mol. The fourth-order valence-corrected chi connectivity index (χ4v) is 2.04. The lowest BCUT2D eigenvalue weighted by Gasteiger charge is -2.08. The summed E-state index contributed by atoms with van der Waals surface area (Å²) in [6.07, 6.45) is 2.52. The SMILES string of the molecule is CCCC1OCc2c(Cl)cccc21. The summed E-state index contributed by atoms with van der Waals surface area (Å²) in [4.78, 5) is 0. The van der Waals surface area contributed by atoms with Crippen LogP contribution in [0.5, 0.6) is 0 Å². The van der Waals surface area contributed by atoms with E-state index in [1.54, 1.807) is 0 Å². The third kappa shape index (κ3) is 1.59. The average molecular weight is 197 g/mol. The molecule has 0 radical (unpaired) electrons. The van der Waals surface area contributed by atoms with Crippen LogP contribution in [0, 0.1) is 0 Å². The molecule has 70 valence electrons. The van der Waals surface area contributed by atoms with Gasteiger partial charge in [0.25, 0.3) is 0 Å². The zero-order valence-electron chi connectivity index (χ0n) is 7.72. The first-order valence-corrected chi connectivity index (χ1v) is 5.09. The molecule has 0 N–H and O–H groups in total. The van der Waals surface area contributed by atoms with Crippen LogP contribution in [0.15, 0.2) is 18.2 Å². The Bertz CT molecular complexity index is 309. The first kappa shape index (κ1) is 9.04. The predicted octanol–water partition coefficient (Wildman–Crippen LogP) is 3.71. The number of rotatable bonds is 2. The van der Waals surface area contributed by atoms with Crippen molar-refractivity contribution < 1.29 is 4.74 Å². The molecule has 0 saturated heterocycles. The molecule has 1 aromatic rings. The fraction of sp³-hybridized carbons (Fsp3) is 0.455. The van der Waals surface area contributed by atoms with Crippen LogP contribution in [0.25, 0.3) is 0 Å². The maximum absolute atomic E-state index is 6.06. The van der Waals surface area contributed by atoms with Gasteiger partial charge < -0.3 is 4.74 Å². The van der Waals surface area contributed by atoms with Gasteiger partial charge in [-0.3, -0.25) is 0 Å². The number of halogens is 1. The van der Waals surface area contributed by atoms with Gasteiger partial charge in [0.1, 0.15) is 0 Å². The lowest BCUT2D eigenvalue weighted by Crippen LogP contribution is -1.94. The molecule has 2 rings (SSSR count). The molecule has 1 aliphatic rings. The molecule has 13 heavy (non-hydrogen) atoms. The first-order valence-electron chi connectivity index (χ1n) is 4.71. The molecule has 1 heterocycles. The Balaban J connectivity index is 2.32. The van der Waals surface area contributed by atoms with E-state index < -0.39 is 0 Å². The molecule has 0 aromatic heterocycles. The van der Waals surface area contributed by atoms with Crippen LogP contribution in [0.4, 0.5) is 0 Å². The highest BCUT2D eigenvalue weighted by Gasteiger charge is 2.23. The number of hydrogen-bond acceptors (Lipinski definition) is 1. The maximum Gasteiger partial charge on any atom is 0.0833 e. The smallest absolute Gasteiger partial charge is 0.0833 e. The van der Waals surface area contributed by atoms with E-state index in [1.165, 1.54) is 11.1 Å². The van der Waals surface area contributed by atoms with Gasteiger partial charge >= 0.3 is 0 Å². The van der Waals surface area contributed by atoms with Gasteiger partial charge in [0.2, 0.25) is 0 Å². The van der Waals surface area contributed by atoms with Gasteiger partial charge in [-0.05, 0) is 18.1 Å². The Morgan fingerprint density at radius 1 is 1.54 bits per heavy atom. The maximum atomic E-state index is 6.06. The third-order valence-corrected chi connectivity index (χ3v) is 2.84. The molecule has 1 atom stereocenters. The molecule has 2 heteroatoms. The van der Waals surface area contributed by atoms with Crippen molar-refractivity contribution in [2.75, 3.05) is 0 Å². The molecule has 0 bridgehead atoms. The van der Waals surface area contributed by atoms with Crippen molar-refractivity contribution in [1.29, 1.82) is 0 Å². The molecule has 1 unspecified atom stereocenters. The van der Waals surface area contributed by atoms with Gasteiger partial charge in [-0.1, -0.05) is 37.1 Å². The molecule has 1 aromatic carbocycles. The van der Waals surface area contributed by atoms with Crippen LogP contribution in [0.2, 0.25) is 5.02 Å². The largest absolute Gasteiger partial charge is 0.369 e. The van der Waals surface area contributed by atoms with Crippen LogP contribution in [0.1, 0.15) is 37.0 Å². The van der Waals surface area contributed by atoms with Crippen molar-refractivity contribution in [2.24, 2.45) is 0 Å². The van der Waals surface area contributed by atoms with Gasteiger partial charge in [0.05, 0.1) is 12.7 Å². The van der Waals surface area contributed by atoms with Crippen molar-refractivity contribution in [1.82, 2.24) is 0 Å². The zero-order valence-corrected chi connectivity index (χ0v) is 8.47. The van der Waals surface area contributed by atoms with E-state index in [9.17, 15) is 0 Å². The second-order valence-corrected chi connectivity index (χ2v) is 3.80. The highest BCUT2D eigenvalue weighted by molar-refractivity contribution is 6.31. The Hall–Kier alpha value is -0.530. The standard InChI is InChI=1S/C11H13ClO/c1-2-4-11-8-5-3-6-10(12)9(8)7-13-11/h3,5-6,11H,2,4,7H2,1H3. The van der Waals surface area contributed by atoms with Gasteiger partial charge in [0, 0.05) is 10.6 Å². The van der Waals surface area contributed by atoms with E-state index in [0.29, 0.717) is 6.61 Å². The highest BCUT2D eigenvalue weighted by atomic mass is 35.5. The van der Waals surface area contributed by atoms with Gasteiger partial charge in [-0.25, -0.2) is 0 Å². The molecule has 0 fully saturated rings. The van der Waals surface area contributed by atoms with Crippen LogP contribution in [-0.2, 0) is 11.3 Å². The van der Waals surface area contributed by atoms with Crippen molar-refractivity contribution in [2.45, 2.75) is 32.5 Å². The summed E-state index contributed by atoms with van der Waals surface area (Å²) in [5.74, 6) is 0. The van der Waals surface area contributed by atoms with E-state index in [1.807, 2.05) is 12.1 Å². The minimum absolute atomic E-state index is 0.277. The predicted molar refractivity (Wildman–Crippen MR) is 53.9 cm³/mol. The molecule has 1 aliphatic heterocycles. The number of ether oxygens (including phenoxy) is 1. The molecule has 0 aliphatic carbocycles. The van der Waals surface area contributed by atoms with Crippen molar-refractivity contribution >= 4 is 11.6 Å². The Morgan fingerprint density at radius 3 is 3.15 bits per heavy atom. The zero-order chi connectivity index (χ0) is 9.26. The van der Waals surface area contributed by atoms with Gasteiger partial charge in [0.15, 0.2) is 0 Å². The summed E-state index contributed by atoms with van der Waals surface area (Å²) in [5.41, 5.74) is 2.47. The van der Waals surface area contributed by atoms with E-state index in [-0.39, 0.29) is 6.10 Å². The molecule has 1 nitrogen and oxygen atoms in total. The minimum Gasteiger partial charge on any atom is -0.369 e. The minimum atomic E-state index is 0.277. The molecule has 0 amide bonds. The third-order valence-electron chi connectivity index (χ3n) is 2.48. The normalized spacial score (nSPS) is 20.3. The quantitative estimate of drug-likeness (QED) is 0.701. The van der Waals surface area contributed by atoms with Gasteiger partial charge in [-0.15, -0.1) is 0 Å². The van der Waals surface area contributed by atoms with Crippen LogP contribution in [0.3, 0.4) is 0 Å². The van der Waals surface area contributed by atoms with Crippen LogP contribution >= 0.6 is 11.6 Å². The molecule has 0 saturated carbocycles. The van der Waals surface area contributed by atoms with Crippen LogP contribution < -0.4 is 0 Å². The highest BCUT2D eigenvalue weighted by Crippen LogP contribution is 2.37. The topological polar surface area (TPSA) is 9.23 Å². The van der Waals surface area contributed by atoms with Crippen molar-refractivity contribution in [3.63, 3.8) is 0 Å². The number of hydrogen-bond donors (Lipinski definition) is 0. The van der Waals surface area contributed by atoms with Crippen LogP contribution in [-0.4, -0.2) is 0 Å². The van der Waals surface area contributed by atoms with Crippen molar-refractivity contribution in [3.05, 3.63) is 34.3 Å². The summed E-state index contributed by atoms with van der Waals surface area (Å²) in [5, 5.41) is 0.844. The first-order chi connectivity index (χ1) is 6.33. The Morgan fingerprint density at radius 2 is 2.38 bits per heavy atom. The van der Waals surface area contributed by atoms with E-state index in [4.69, 9.17) is 16.3 Å². The number of fused-ring (bicyclic) bond motifs is 1.